The molecule has 0 spiro atoms. The largest absolute Gasteiger partial charge is 0.382 e. The molecule has 0 heterocycles. The number of aliphatic hydroxyl groups is 1. The van der Waals surface area contributed by atoms with Gasteiger partial charge in [0.2, 0.25) is 0 Å². The van der Waals surface area contributed by atoms with E-state index in [1.54, 1.807) is 0 Å². The van der Waals surface area contributed by atoms with Gasteiger partial charge in [0.05, 0.1) is 0 Å². The van der Waals surface area contributed by atoms with Crippen molar-refractivity contribution in [2.75, 3.05) is 6.61 Å². The highest BCUT2D eigenvalue weighted by molar-refractivity contribution is 5.23. The molecule has 2 rings (SSSR count). The average molecular weight is 205 g/mol. The number of rotatable bonds is 3. The van der Waals surface area contributed by atoms with Gasteiger partial charge >= 0.3 is 0 Å². The molecule has 2 heteroatoms. The molecule has 1 aliphatic rings. The van der Waals surface area contributed by atoms with Crippen LogP contribution in [-0.2, 0) is 10.7 Å². The van der Waals surface area contributed by atoms with Crippen molar-refractivity contribution in [1.82, 2.24) is 0 Å². The summed E-state index contributed by atoms with van der Waals surface area (Å²) in [6.45, 7) is -0.429. The van der Waals surface area contributed by atoms with Gasteiger partial charge in [-0.25, -0.2) is 5.11 Å². The van der Waals surface area contributed by atoms with Crippen LogP contribution in [0.1, 0.15) is 31.2 Å². The first-order chi connectivity index (χ1) is 7.27. The van der Waals surface area contributed by atoms with Crippen LogP contribution < -0.4 is 0 Å². The van der Waals surface area contributed by atoms with Gasteiger partial charge in [-0.1, -0.05) is 43.2 Å². The number of hydrogen-bond acceptors (Lipinski definition) is 1. The summed E-state index contributed by atoms with van der Waals surface area (Å²) in [5.74, 6) is 0.150. The lowest BCUT2D eigenvalue weighted by atomic mass is 9.81. The van der Waals surface area contributed by atoms with E-state index in [0.717, 1.165) is 31.2 Å². The predicted octanol–water partition coefficient (Wildman–Crippen LogP) is 2.49. The maximum Gasteiger partial charge on any atom is 0.119 e. The lowest BCUT2D eigenvalue weighted by molar-refractivity contribution is -0.0861. The van der Waals surface area contributed by atoms with Crippen LogP contribution in [0, 0.1) is 5.92 Å². The van der Waals surface area contributed by atoms with Crippen LogP contribution in [0.25, 0.3) is 0 Å². The van der Waals surface area contributed by atoms with Crippen molar-refractivity contribution in [1.29, 1.82) is 0 Å². The van der Waals surface area contributed by atoms with Crippen molar-refractivity contribution in [2.45, 2.75) is 31.3 Å². The molecule has 0 bridgehead atoms. The van der Waals surface area contributed by atoms with E-state index in [9.17, 15) is 10.2 Å². The molecule has 1 aromatic carbocycles. The van der Waals surface area contributed by atoms with Gasteiger partial charge in [-0.05, 0) is 24.3 Å². The van der Waals surface area contributed by atoms with Crippen LogP contribution >= 0.6 is 0 Å². The molecule has 81 valence electrons. The summed E-state index contributed by atoms with van der Waals surface area (Å²) in [5, 5.41) is 21.8. The van der Waals surface area contributed by atoms with Gasteiger partial charge in [0.1, 0.15) is 12.2 Å². The van der Waals surface area contributed by atoms with E-state index in [-0.39, 0.29) is 5.92 Å². The third-order valence-corrected chi connectivity index (χ3v) is 3.52. The first-order valence-electron chi connectivity index (χ1n) is 5.63. The van der Waals surface area contributed by atoms with Crippen molar-refractivity contribution in [3.05, 3.63) is 35.9 Å². The third-order valence-electron chi connectivity index (χ3n) is 3.52. The van der Waals surface area contributed by atoms with Crippen molar-refractivity contribution >= 4 is 0 Å². The molecule has 1 unspecified atom stereocenters. The molecule has 1 N–H and O–H groups in total. The van der Waals surface area contributed by atoms with E-state index in [1.807, 2.05) is 30.3 Å². The molecule has 15 heavy (non-hydrogen) atoms. The topological polar surface area (TPSA) is 40.1 Å². The van der Waals surface area contributed by atoms with Gasteiger partial charge in [-0.15, -0.1) is 0 Å². The molecular formula is C13H17O2. The van der Waals surface area contributed by atoms with Crippen molar-refractivity contribution in [2.24, 2.45) is 5.92 Å². The Bertz CT molecular complexity index is 304. The van der Waals surface area contributed by atoms with E-state index < -0.39 is 12.2 Å². The van der Waals surface area contributed by atoms with E-state index in [2.05, 4.69) is 0 Å². The summed E-state index contributed by atoms with van der Waals surface area (Å²) in [5.41, 5.74) is -0.357. The Morgan fingerprint density at radius 3 is 2.33 bits per heavy atom. The molecule has 1 fully saturated rings. The molecule has 1 aromatic rings. The van der Waals surface area contributed by atoms with Gasteiger partial charge in [-0.3, -0.25) is 0 Å². The normalized spacial score (nSPS) is 21.5. The molecule has 1 aliphatic carbocycles. The Hall–Kier alpha value is -0.860. The zero-order valence-electron chi connectivity index (χ0n) is 8.86. The second-order valence-electron chi connectivity index (χ2n) is 4.42. The Morgan fingerprint density at radius 2 is 1.80 bits per heavy atom. The zero-order valence-corrected chi connectivity index (χ0v) is 8.86. The lowest BCUT2D eigenvalue weighted by Gasteiger charge is -2.31. The Kier molecular flexibility index (Phi) is 3.08. The van der Waals surface area contributed by atoms with Gasteiger partial charge in [0.25, 0.3) is 0 Å². The summed E-state index contributed by atoms with van der Waals surface area (Å²) >= 11 is 0. The minimum absolute atomic E-state index is 0.150. The molecule has 0 saturated heterocycles. The third kappa shape index (κ3) is 1.92. The van der Waals surface area contributed by atoms with Crippen LogP contribution in [0.15, 0.2) is 30.3 Å². The lowest BCUT2D eigenvalue weighted by Crippen LogP contribution is -2.37. The quantitative estimate of drug-likeness (QED) is 0.809. The number of hydrogen-bond donors (Lipinski definition) is 1. The highest BCUT2D eigenvalue weighted by Gasteiger charge is 2.39. The van der Waals surface area contributed by atoms with E-state index in [4.69, 9.17) is 0 Å². The van der Waals surface area contributed by atoms with E-state index in [0.29, 0.717) is 0 Å². The minimum atomic E-state index is -1.14. The van der Waals surface area contributed by atoms with Crippen LogP contribution in [0.2, 0.25) is 0 Å². The van der Waals surface area contributed by atoms with Crippen LogP contribution in [0.4, 0.5) is 0 Å². The second kappa shape index (κ2) is 4.33. The fourth-order valence-electron chi connectivity index (χ4n) is 2.57. The van der Waals surface area contributed by atoms with E-state index in [1.165, 1.54) is 0 Å². The Labute approximate surface area is 90.6 Å². The SMILES string of the molecule is [O]CC(O)(c1ccccc1)C1CCCC1. The summed E-state index contributed by atoms with van der Waals surface area (Å²) in [6, 6.07) is 9.38. The zero-order chi connectivity index (χ0) is 10.7. The Balaban J connectivity index is 2.28. The van der Waals surface area contributed by atoms with E-state index >= 15 is 0 Å². The highest BCUT2D eigenvalue weighted by Crippen LogP contribution is 2.40. The van der Waals surface area contributed by atoms with Gasteiger partial charge in [-0.2, -0.15) is 0 Å². The summed E-state index contributed by atoms with van der Waals surface area (Å²) < 4.78 is 0. The molecule has 2 nitrogen and oxygen atoms in total. The predicted molar refractivity (Wildman–Crippen MR) is 57.9 cm³/mol. The van der Waals surface area contributed by atoms with Crippen LogP contribution in [-0.4, -0.2) is 11.7 Å². The minimum Gasteiger partial charge on any atom is -0.382 e. The first kappa shape index (κ1) is 10.7. The second-order valence-corrected chi connectivity index (χ2v) is 4.42. The maximum atomic E-state index is 11.3. The molecule has 0 aromatic heterocycles. The molecule has 1 saturated carbocycles. The molecule has 1 atom stereocenters. The summed E-state index contributed by atoms with van der Waals surface area (Å²) in [7, 11) is 0. The average Bonchev–Trinajstić information content (AvgIpc) is 2.83. The first-order valence-corrected chi connectivity index (χ1v) is 5.63. The van der Waals surface area contributed by atoms with Crippen molar-refractivity contribution < 1.29 is 10.2 Å². The van der Waals surface area contributed by atoms with Crippen molar-refractivity contribution in [3.8, 4) is 0 Å². The molecular weight excluding hydrogens is 188 g/mol. The molecule has 0 amide bonds. The monoisotopic (exact) mass is 205 g/mol. The standard InChI is InChI=1S/C13H17O2/c14-10-13(15,12-8-4-5-9-12)11-6-2-1-3-7-11/h1-3,6-7,12,15H,4-5,8-10H2. The maximum absolute atomic E-state index is 11.3. The molecule has 1 radical (unpaired) electrons. The van der Waals surface area contributed by atoms with Crippen LogP contribution in [0.5, 0.6) is 0 Å². The fourth-order valence-corrected chi connectivity index (χ4v) is 2.57. The highest BCUT2D eigenvalue weighted by atomic mass is 16.3. The number of benzene rings is 1. The fraction of sp³-hybridized carbons (Fsp3) is 0.538. The van der Waals surface area contributed by atoms with Gasteiger partial charge in [0.15, 0.2) is 0 Å². The van der Waals surface area contributed by atoms with Gasteiger partial charge in [0, 0.05) is 0 Å². The van der Waals surface area contributed by atoms with Crippen molar-refractivity contribution in [3.63, 3.8) is 0 Å². The smallest absolute Gasteiger partial charge is 0.119 e. The van der Waals surface area contributed by atoms with Gasteiger partial charge < -0.3 is 5.11 Å². The summed E-state index contributed by atoms with van der Waals surface area (Å²) in [4.78, 5) is 0. The summed E-state index contributed by atoms with van der Waals surface area (Å²) in [6.07, 6.45) is 4.24. The van der Waals surface area contributed by atoms with Crippen LogP contribution in [0.3, 0.4) is 0 Å². The Morgan fingerprint density at radius 1 is 1.20 bits per heavy atom. The molecule has 0 aliphatic heterocycles.